The molecule has 0 spiro atoms. The summed E-state index contributed by atoms with van der Waals surface area (Å²) in [5.74, 6) is 0.760. The number of carbonyl (C=O) groups excluding carboxylic acids is 1. The van der Waals surface area contributed by atoms with Crippen molar-refractivity contribution in [2.24, 2.45) is 5.73 Å². The molecule has 0 aliphatic carbocycles. The zero-order valence-corrected chi connectivity index (χ0v) is 18.5. The molecule has 1 aromatic carbocycles. The van der Waals surface area contributed by atoms with Gasteiger partial charge in [-0.25, -0.2) is 9.97 Å². The Hall–Kier alpha value is -3.17. The van der Waals surface area contributed by atoms with E-state index in [1.165, 1.54) is 6.20 Å². The molecule has 1 saturated heterocycles. The predicted octanol–water partition coefficient (Wildman–Crippen LogP) is 1.24. The topological polar surface area (TPSA) is 117 Å². The molecule has 0 atom stereocenters. The molecule has 0 radical (unpaired) electrons. The number of fused-ring (bicyclic) bond motifs is 1. The van der Waals surface area contributed by atoms with E-state index in [1.54, 1.807) is 18.5 Å². The van der Waals surface area contributed by atoms with Gasteiger partial charge in [0.1, 0.15) is 11.4 Å². The molecule has 1 aromatic heterocycles. The molecule has 1 amide bonds. The van der Waals surface area contributed by atoms with Crippen LogP contribution in [0.2, 0.25) is 0 Å². The molecule has 2 aliphatic heterocycles. The summed E-state index contributed by atoms with van der Waals surface area (Å²) in [7, 11) is 0. The minimum absolute atomic E-state index is 0.152. The Balaban J connectivity index is 1.63. The van der Waals surface area contributed by atoms with Crippen molar-refractivity contribution in [2.75, 3.05) is 49.5 Å². The molecule has 0 unspecified atom stereocenters. The first kappa shape index (κ1) is 22.0. The van der Waals surface area contributed by atoms with Crippen LogP contribution in [0, 0.1) is 0 Å². The zero-order chi connectivity index (χ0) is 22.7. The molecule has 0 saturated carbocycles. The van der Waals surface area contributed by atoms with E-state index < -0.39 is 0 Å². The maximum absolute atomic E-state index is 13.1. The number of aliphatic hydroxyl groups is 1. The van der Waals surface area contributed by atoms with Crippen molar-refractivity contribution in [1.29, 1.82) is 0 Å². The molecule has 4 rings (SSSR count). The SMILES string of the molecule is CC1(C)Cc2cc(NC(=O)/C(=C/N)c3ncccn3)c(N3CCN(CCO)CC3)cc2O1. The minimum Gasteiger partial charge on any atom is -0.487 e. The highest BCUT2D eigenvalue weighted by Gasteiger charge is 2.32. The molecule has 4 N–H and O–H groups in total. The van der Waals surface area contributed by atoms with E-state index in [0.29, 0.717) is 12.2 Å². The zero-order valence-electron chi connectivity index (χ0n) is 18.5. The minimum atomic E-state index is -0.364. The highest BCUT2D eigenvalue weighted by molar-refractivity contribution is 6.24. The largest absolute Gasteiger partial charge is 0.487 e. The lowest BCUT2D eigenvalue weighted by molar-refractivity contribution is -0.111. The predicted molar refractivity (Wildman–Crippen MR) is 123 cm³/mol. The lowest BCUT2D eigenvalue weighted by atomic mass is 10.0. The highest BCUT2D eigenvalue weighted by atomic mass is 16.5. The number of carbonyl (C=O) groups is 1. The van der Waals surface area contributed by atoms with Crippen LogP contribution in [0.3, 0.4) is 0 Å². The van der Waals surface area contributed by atoms with Crippen molar-refractivity contribution >= 4 is 22.9 Å². The molecule has 3 heterocycles. The quantitative estimate of drug-likeness (QED) is 0.577. The van der Waals surface area contributed by atoms with E-state index in [-0.39, 0.29) is 29.5 Å². The smallest absolute Gasteiger partial charge is 0.261 e. The van der Waals surface area contributed by atoms with Gasteiger partial charge in [0, 0.05) is 69.4 Å². The van der Waals surface area contributed by atoms with Crippen molar-refractivity contribution < 1.29 is 14.6 Å². The number of nitrogens with one attached hydrogen (secondary N) is 1. The van der Waals surface area contributed by atoms with Crippen molar-refractivity contribution in [1.82, 2.24) is 14.9 Å². The number of anilines is 2. The van der Waals surface area contributed by atoms with E-state index in [9.17, 15) is 9.90 Å². The average molecular weight is 439 g/mol. The fourth-order valence-corrected chi connectivity index (χ4v) is 4.23. The summed E-state index contributed by atoms with van der Waals surface area (Å²) in [5, 5.41) is 12.3. The molecule has 32 heavy (non-hydrogen) atoms. The van der Waals surface area contributed by atoms with Crippen LogP contribution >= 0.6 is 0 Å². The molecule has 0 bridgehead atoms. The van der Waals surface area contributed by atoms with Crippen molar-refractivity contribution in [3.05, 3.63) is 48.2 Å². The number of ether oxygens (including phenoxy) is 1. The highest BCUT2D eigenvalue weighted by Crippen LogP contribution is 2.42. The van der Waals surface area contributed by atoms with Gasteiger partial charge in [0.2, 0.25) is 0 Å². The van der Waals surface area contributed by atoms with Crippen LogP contribution in [0.1, 0.15) is 25.2 Å². The standard InChI is InChI=1S/C23H30N6O3/c1-23(2)14-16-12-18(27-22(31)17(15-24)21-25-4-3-5-26-21)19(13-20(16)32-23)29-8-6-28(7-9-29)10-11-30/h3-5,12-13,15,30H,6-11,14,24H2,1-2H3,(H,27,31)/b17-15+. The summed E-state index contributed by atoms with van der Waals surface area (Å²) in [6.45, 7) is 8.17. The van der Waals surface area contributed by atoms with Gasteiger partial charge in [-0.15, -0.1) is 0 Å². The monoisotopic (exact) mass is 438 g/mol. The van der Waals surface area contributed by atoms with Gasteiger partial charge < -0.3 is 25.8 Å². The number of hydrogen-bond acceptors (Lipinski definition) is 8. The van der Waals surface area contributed by atoms with Crippen LogP contribution < -0.4 is 20.7 Å². The molecule has 1 fully saturated rings. The molecule has 2 aromatic rings. The summed E-state index contributed by atoms with van der Waals surface area (Å²) in [6.07, 6.45) is 5.14. The number of amides is 1. The van der Waals surface area contributed by atoms with Gasteiger partial charge in [-0.1, -0.05) is 0 Å². The van der Waals surface area contributed by atoms with Crippen molar-refractivity contribution in [3.8, 4) is 5.75 Å². The number of aromatic nitrogens is 2. The second-order valence-electron chi connectivity index (χ2n) is 8.67. The maximum atomic E-state index is 13.1. The Morgan fingerprint density at radius 1 is 1.25 bits per heavy atom. The molecular formula is C23H30N6O3. The molecule has 2 aliphatic rings. The molecule has 9 nitrogen and oxygen atoms in total. The molecular weight excluding hydrogens is 408 g/mol. The normalized spacial score (nSPS) is 18.2. The molecule has 170 valence electrons. The number of nitrogens with two attached hydrogens (primary N) is 1. The Labute approximate surface area is 187 Å². The summed E-state index contributed by atoms with van der Waals surface area (Å²) in [5.41, 5.74) is 8.34. The van der Waals surface area contributed by atoms with E-state index in [4.69, 9.17) is 10.5 Å². The Morgan fingerprint density at radius 3 is 2.62 bits per heavy atom. The van der Waals surface area contributed by atoms with Gasteiger partial charge >= 0.3 is 0 Å². The Bertz CT molecular complexity index is 1000. The summed E-state index contributed by atoms with van der Waals surface area (Å²) < 4.78 is 6.15. The van der Waals surface area contributed by atoms with Crippen LogP contribution in [-0.2, 0) is 11.2 Å². The fourth-order valence-electron chi connectivity index (χ4n) is 4.23. The first-order chi connectivity index (χ1) is 15.4. The average Bonchev–Trinajstić information content (AvgIpc) is 3.08. The maximum Gasteiger partial charge on any atom is 0.261 e. The van der Waals surface area contributed by atoms with Gasteiger partial charge in [-0.3, -0.25) is 9.69 Å². The van der Waals surface area contributed by atoms with E-state index >= 15 is 0 Å². The van der Waals surface area contributed by atoms with E-state index in [0.717, 1.165) is 49.6 Å². The van der Waals surface area contributed by atoms with Gasteiger partial charge in [0.25, 0.3) is 5.91 Å². The third-order valence-corrected chi connectivity index (χ3v) is 5.78. The van der Waals surface area contributed by atoms with E-state index in [2.05, 4.69) is 38.9 Å². The first-order valence-electron chi connectivity index (χ1n) is 10.8. The van der Waals surface area contributed by atoms with Gasteiger partial charge in [-0.05, 0) is 26.0 Å². The van der Waals surface area contributed by atoms with Crippen LogP contribution in [0.5, 0.6) is 5.75 Å². The van der Waals surface area contributed by atoms with Gasteiger partial charge in [0.15, 0.2) is 5.82 Å². The number of piperazine rings is 1. The third-order valence-electron chi connectivity index (χ3n) is 5.78. The number of nitrogens with zero attached hydrogens (tertiary/aromatic N) is 4. The fraction of sp³-hybridized carbons (Fsp3) is 0.435. The number of aliphatic hydroxyl groups excluding tert-OH is 1. The van der Waals surface area contributed by atoms with Crippen LogP contribution in [-0.4, -0.2) is 70.8 Å². The lowest BCUT2D eigenvalue weighted by Crippen LogP contribution is -2.47. The summed E-state index contributed by atoms with van der Waals surface area (Å²) in [4.78, 5) is 25.9. The first-order valence-corrected chi connectivity index (χ1v) is 10.8. The van der Waals surface area contributed by atoms with Crippen molar-refractivity contribution in [3.63, 3.8) is 0 Å². The van der Waals surface area contributed by atoms with E-state index in [1.807, 2.05) is 12.1 Å². The summed E-state index contributed by atoms with van der Waals surface area (Å²) in [6, 6.07) is 5.70. The second kappa shape index (κ2) is 9.13. The van der Waals surface area contributed by atoms with Gasteiger partial charge in [-0.2, -0.15) is 0 Å². The number of benzene rings is 1. The Kier molecular flexibility index (Phi) is 6.29. The number of rotatable bonds is 6. The number of hydrogen-bond donors (Lipinski definition) is 3. The summed E-state index contributed by atoms with van der Waals surface area (Å²) >= 11 is 0. The van der Waals surface area contributed by atoms with Gasteiger partial charge in [0.05, 0.1) is 23.6 Å². The molecule has 9 heteroatoms. The van der Waals surface area contributed by atoms with Crippen LogP contribution in [0.4, 0.5) is 11.4 Å². The van der Waals surface area contributed by atoms with Crippen molar-refractivity contribution in [2.45, 2.75) is 25.9 Å². The number of β-amino-alcohol motifs (C(OH)–C–C–N with tert-alkyl or cyclic N) is 1. The van der Waals surface area contributed by atoms with Crippen LogP contribution in [0.25, 0.3) is 5.57 Å². The third kappa shape index (κ3) is 4.68. The second-order valence-corrected chi connectivity index (χ2v) is 8.67. The lowest BCUT2D eigenvalue weighted by Gasteiger charge is -2.36. The Morgan fingerprint density at radius 2 is 1.97 bits per heavy atom. The van der Waals surface area contributed by atoms with Crippen LogP contribution in [0.15, 0.2) is 36.8 Å².